The third-order valence-electron chi connectivity index (χ3n) is 5.33. The van der Waals surface area contributed by atoms with Gasteiger partial charge in [-0.25, -0.2) is 14.1 Å². The van der Waals surface area contributed by atoms with Crippen LogP contribution in [0.1, 0.15) is 17.0 Å². The Kier molecular flexibility index (Phi) is 6.61. The summed E-state index contributed by atoms with van der Waals surface area (Å²) in [6.07, 6.45) is 0.759. The number of amides is 2. The fourth-order valence-electron chi connectivity index (χ4n) is 3.56. The number of nitrogens with zero attached hydrogens (tertiary/aromatic N) is 6. The molecule has 2 amide bonds. The Hall–Kier alpha value is -3.11. The monoisotopic (exact) mass is 456 g/mol. The highest BCUT2D eigenvalue weighted by molar-refractivity contribution is 7.13. The minimum Gasteiger partial charge on any atom is -0.348 e. The number of carbonyl (C=O) groups is 2. The predicted octanol–water partition coefficient (Wildman–Crippen LogP) is 2.37. The maximum absolute atomic E-state index is 13.8. The van der Waals surface area contributed by atoms with E-state index in [4.69, 9.17) is 0 Å². The molecule has 1 fully saturated rings. The first-order valence-electron chi connectivity index (χ1n) is 10.4. The molecule has 8 nitrogen and oxygen atoms in total. The lowest BCUT2D eigenvalue weighted by molar-refractivity contribution is -0.129. The molecule has 3 aromatic rings. The van der Waals surface area contributed by atoms with Crippen LogP contribution in [-0.4, -0.2) is 88.1 Å². The van der Waals surface area contributed by atoms with Crippen molar-refractivity contribution in [2.24, 2.45) is 0 Å². The highest BCUT2D eigenvalue weighted by Crippen LogP contribution is 2.26. The molecule has 10 heteroatoms. The molecule has 3 heterocycles. The number of rotatable bonds is 5. The molecule has 168 valence electrons. The minimum atomic E-state index is -0.386. The standard InChI is InChI=1S/C22H25FN6O2S/c1-26(2)19(30)15-27-9-5-10-28(12-11-27)22(31)20-24-21(18-8-4-13-32-18)29(25-20)17-7-3-6-16(23)14-17/h3-4,6-8,13-14H,5,9-12,15H2,1-2H3. The summed E-state index contributed by atoms with van der Waals surface area (Å²) in [7, 11) is 3.48. The van der Waals surface area contributed by atoms with Crippen LogP contribution in [0, 0.1) is 5.82 Å². The summed E-state index contributed by atoms with van der Waals surface area (Å²) in [4.78, 5) is 36.0. The average molecular weight is 457 g/mol. The molecule has 0 atom stereocenters. The maximum atomic E-state index is 13.8. The zero-order chi connectivity index (χ0) is 22.7. The molecule has 0 bridgehead atoms. The number of hydrogen-bond acceptors (Lipinski definition) is 6. The van der Waals surface area contributed by atoms with Crippen molar-refractivity contribution < 1.29 is 14.0 Å². The second kappa shape index (κ2) is 9.58. The molecule has 1 saturated heterocycles. The second-order valence-electron chi connectivity index (χ2n) is 7.84. The lowest BCUT2D eigenvalue weighted by Gasteiger charge is -2.22. The summed E-state index contributed by atoms with van der Waals surface area (Å²) in [5.41, 5.74) is 0.504. The van der Waals surface area contributed by atoms with Gasteiger partial charge in [0.2, 0.25) is 11.7 Å². The fraction of sp³-hybridized carbons (Fsp3) is 0.364. The summed E-state index contributed by atoms with van der Waals surface area (Å²) in [6.45, 7) is 2.74. The molecule has 0 spiro atoms. The number of thiophene rings is 1. The molecule has 1 aliphatic heterocycles. The lowest BCUT2D eigenvalue weighted by atomic mass is 10.3. The zero-order valence-corrected chi connectivity index (χ0v) is 18.9. The minimum absolute atomic E-state index is 0.0425. The van der Waals surface area contributed by atoms with E-state index in [9.17, 15) is 14.0 Å². The Morgan fingerprint density at radius 3 is 2.69 bits per heavy atom. The van der Waals surface area contributed by atoms with Gasteiger partial charge in [-0.2, -0.15) is 0 Å². The molecule has 0 unspecified atom stereocenters. The molecule has 0 aliphatic carbocycles. The largest absolute Gasteiger partial charge is 0.348 e. The van der Waals surface area contributed by atoms with Crippen LogP contribution in [0.4, 0.5) is 4.39 Å². The van der Waals surface area contributed by atoms with Crippen LogP contribution in [0.2, 0.25) is 0 Å². The van der Waals surface area contributed by atoms with Crippen molar-refractivity contribution in [1.82, 2.24) is 29.5 Å². The van der Waals surface area contributed by atoms with Crippen LogP contribution in [0.25, 0.3) is 16.4 Å². The molecule has 32 heavy (non-hydrogen) atoms. The fourth-order valence-corrected chi connectivity index (χ4v) is 4.26. The first-order chi connectivity index (χ1) is 15.4. The van der Waals surface area contributed by atoms with E-state index >= 15 is 0 Å². The molecule has 4 rings (SSSR count). The van der Waals surface area contributed by atoms with E-state index in [1.807, 2.05) is 17.5 Å². The SMILES string of the molecule is CN(C)C(=O)CN1CCCN(C(=O)c2nc(-c3cccs3)n(-c3cccc(F)c3)n2)CC1. The van der Waals surface area contributed by atoms with Gasteiger partial charge >= 0.3 is 0 Å². The highest BCUT2D eigenvalue weighted by Gasteiger charge is 2.26. The van der Waals surface area contributed by atoms with Crippen molar-refractivity contribution in [3.63, 3.8) is 0 Å². The Morgan fingerprint density at radius 1 is 1.12 bits per heavy atom. The Balaban J connectivity index is 1.56. The lowest BCUT2D eigenvalue weighted by Crippen LogP contribution is -2.39. The Labute approximate surface area is 189 Å². The average Bonchev–Trinajstić information content (AvgIpc) is 3.40. The van der Waals surface area contributed by atoms with Crippen molar-refractivity contribution in [3.8, 4) is 16.4 Å². The van der Waals surface area contributed by atoms with Crippen molar-refractivity contribution >= 4 is 23.2 Å². The van der Waals surface area contributed by atoms with E-state index < -0.39 is 0 Å². The second-order valence-corrected chi connectivity index (χ2v) is 8.79. The van der Waals surface area contributed by atoms with E-state index in [2.05, 4.69) is 15.0 Å². The maximum Gasteiger partial charge on any atom is 0.293 e. The first kappa shape index (κ1) is 22.1. The van der Waals surface area contributed by atoms with Gasteiger partial charge in [-0.1, -0.05) is 12.1 Å². The molecule has 0 saturated carbocycles. The number of carbonyl (C=O) groups excluding carboxylic acids is 2. The summed E-state index contributed by atoms with van der Waals surface area (Å²) in [5, 5.41) is 6.37. The molecule has 0 radical (unpaired) electrons. The van der Waals surface area contributed by atoms with Crippen LogP contribution in [0.15, 0.2) is 41.8 Å². The van der Waals surface area contributed by atoms with E-state index in [1.165, 1.54) is 28.2 Å². The van der Waals surface area contributed by atoms with Crippen molar-refractivity contribution in [2.75, 3.05) is 46.8 Å². The molecular formula is C22H25FN6O2S. The number of aromatic nitrogens is 3. The quantitative estimate of drug-likeness (QED) is 0.589. The number of benzene rings is 1. The van der Waals surface area contributed by atoms with Gasteiger partial charge in [0, 0.05) is 40.3 Å². The number of hydrogen-bond donors (Lipinski definition) is 0. The third-order valence-corrected chi connectivity index (χ3v) is 6.19. The van der Waals surface area contributed by atoms with Crippen molar-refractivity contribution in [2.45, 2.75) is 6.42 Å². The van der Waals surface area contributed by atoms with Gasteiger partial charge < -0.3 is 9.80 Å². The number of likely N-dealkylation sites (N-methyl/N-ethyl adjacent to an activating group) is 1. The van der Waals surface area contributed by atoms with E-state index in [0.29, 0.717) is 37.7 Å². The van der Waals surface area contributed by atoms with Crippen LogP contribution in [0.5, 0.6) is 0 Å². The van der Waals surface area contributed by atoms with Gasteiger partial charge in [0.25, 0.3) is 5.91 Å². The number of halogens is 1. The van der Waals surface area contributed by atoms with Crippen LogP contribution in [0.3, 0.4) is 0 Å². The summed E-state index contributed by atoms with van der Waals surface area (Å²) < 4.78 is 15.4. The molecule has 1 aromatic carbocycles. The van der Waals surface area contributed by atoms with Crippen LogP contribution >= 0.6 is 11.3 Å². The molecular weight excluding hydrogens is 431 g/mol. The normalized spacial score (nSPS) is 14.9. The van der Waals surface area contributed by atoms with Gasteiger partial charge in [0.05, 0.1) is 17.1 Å². The smallest absolute Gasteiger partial charge is 0.293 e. The van der Waals surface area contributed by atoms with Gasteiger partial charge in [-0.15, -0.1) is 16.4 Å². The van der Waals surface area contributed by atoms with Gasteiger partial charge in [-0.05, 0) is 36.1 Å². The summed E-state index contributed by atoms with van der Waals surface area (Å²) in [5.74, 6) is -0.0278. The summed E-state index contributed by atoms with van der Waals surface area (Å²) in [6, 6.07) is 9.85. The van der Waals surface area contributed by atoms with E-state index in [1.54, 1.807) is 36.0 Å². The van der Waals surface area contributed by atoms with Crippen molar-refractivity contribution in [1.29, 1.82) is 0 Å². The van der Waals surface area contributed by atoms with Gasteiger partial charge in [0.15, 0.2) is 5.82 Å². The zero-order valence-electron chi connectivity index (χ0n) is 18.1. The van der Waals surface area contributed by atoms with Gasteiger partial charge in [0.1, 0.15) is 5.82 Å². The van der Waals surface area contributed by atoms with Crippen LogP contribution < -0.4 is 0 Å². The van der Waals surface area contributed by atoms with Crippen molar-refractivity contribution in [3.05, 3.63) is 53.4 Å². The van der Waals surface area contributed by atoms with E-state index in [-0.39, 0.29) is 23.5 Å². The Bertz CT molecular complexity index is 1100. The topological polar surface area (TPSA) is 74.6 Å². The molecule has 2 aromatic heterocycles. The third kappa shape index (κ3) is 4.86. The van der Waals surface area contributed by atoms with Gasteiger partial charge in [-0.3, -0.25) is 14.5 Å². The van der Waals surface area contributed by atoms with E-state index in [0.717, 1.165) is 17.8 Å². The Morgan fingerprint density at radius 2 is 1.97 bits per heavy atom. The predicted molar refractivity (Wildman–Crippen MR) is 120 cm³/mol. The summed E-state index contributed by atoms with van der Waals surface area (Å²) >= 11 is 1.48. The highest BCUT2D eigenvalue weighted by atomic mass is 32.1. The van der Waals surface area contributed by atoms with Crippen LogP contribution in [-0.2, 0) is 4.79 Å². The first-order valence-corrected chi connectivity index (χ1v) is 11.3. The molecule has 0 N–H and O–H groups in total. The molecule has 1 aliphatic rings.